The molecule has 0 spiro atoms. The van der Waals surface area contributed by atoms with E-state index in [4.69, 9.17) is 4.74 Å². The highest BCUT2D eigenvalue weighted by Gasteiger charge is 2.38. The molecule has 0 atom stereocenters. The Kier molecular flexibility index (Phi) is 6.47. The minimum Gasteiger partial charge on any atom is -0.456 e. The summed E-state index contributed by atoms with van der Waals surface area (Å²) in [5, 5.41) is 14.6. The molecule has 0 saturated heterocycles. The smallest absolute Gasteiger partial charge is 0.456 e. The fourth-order valence-electron chi connectivity index (χ4n) is 2.60. The number of carbonyl (C=O) groups excluding carboxylic acids is 1. The van der Waals surface area contributed by atoms with Gasteiger partial charge in [0.05, 0.1) is 5.56 Å². The first-order chi connectivity index (χ1) is 15.7. The van der Waals surface area contributed by atoms with E-state index in [1.807, 2.05) is 5.32 Å². The molecular formula is C19H10F8N3O4+. The molecule has 0 aliphatic rings. The van der Waals surface area contributed by atoms with E-state index >= 15 is 0 Å². The van der Waals surface area contributed by atoms with E-state index in [9.17, 15) is 45.1 Å². The van der Waals surface area contributed by atoms with Gasteiger partial charge in [-0.1, -0.05) is 0 Å². The Balaban J connectivity index is 2.01. The van der Waals surface area contributed by atoms with Crippen LogP contribution < -0.4 is 19.6 Å². The van der Waals surface area contributed by atoms with Gasteiger partial charge in [-0.2, -0.15) is 13.2 Å². The van der Waals surface area contributed by atoms with E-state index in [0.717, 1.165) is 24.5 Å². The van der Waals surface area contributed by atoms with E-state index in [0.29, 0.717) is 18.2 Å². The lowest BCUT2D eigenvalue weighted by Gasteiger charge is -2.16. The first kappa shape index (κ1) is 24.5. The molecule has 3 rings (SSSR count). The molecule has 0 saturated carbocycles. The monoisotopic (exact) mass is 496 g/mol. The van der Waals surface area contributed by atoms with Gasteiger partial charge in [-0.15, -0.1) is 13.2 Å². The van der Waals surface area contributed by atoms with Gasteiger partial charge in [-0.25, -0.2) is 8.78 Å². The van der Waals surface area contributed by atoms with Crippen LogP contribution in [0.4, 0.5) is 40.8 Å². The summed E-state index contributed by atoms with van der Waals surface area (Å²) in [5.74, 6) is -7.69. The maximum Gasteiger partial charge on any atom is 0.573 e. The Morgan fingerprint density at radius 2 is 1.68 bits per heavy atom. The molecule has 0 bridgehead atoms. The number of alkyl halides is 6. The van der Waals surface area contributed by atoms with Crippen molar-refractivity contribution < 1.29 is 59.4 Å². The molecule has 7 nitrogen and oxygen atoms in total. The standard InChI is InChI=1S/C19H9F8N3O4/c20-12-7-10(1-3-13(12)34-19(25,26)27)33-14-4-2-11(18(22,23)24)16(21)15(14)17(31)29-9-5-6-28-30(32)8-9/h1-8H,(H-,28,29,31,32)/p+1. The molecule has 0 radical (unpaired) electrons. The van der Waals surface area contributed by atoms with Gasteiger partial charge < -0.3 is 14.8 Å². The van der Waals surface area contributed by atoms with Crippen LogP contribution in [-0.2, 0) is 6.18 Å². The second-order valence-corrected chi connectivity index (χ2v) is 6.33. The third-order valence-electron chi connectivity index (χ3n) is 3.94. The predicted octanol–water partition coefficient (Wildman–Crippen LogP) is 4.85. The van der Waals surface area contributed by atoms with E-state index in [1.54, 1.807) is 0 Å². The lowest BCUT2D eigenvalue weighted by molar-refractivity contribution is -0.948. The second kappa shape index (κ2) is 8.99. The van der Waals surface area contributed by atoms with E-state index in [-0.39, 0.29) is 16.6 Å². The van der Waals surface area contributed by atoms with Crippen molar-refractivity contribution in [2.75, 3.05) is 5.32 Å². The zero-order valence-electron chi connectivity index (χ0n) is 16.2. The highest BCUT2D eigenvalue weighted by Crippen LogP contribution is 2.38. The number of nitrogens with zero attached hydrogens (tertiary/aromatic N) is 2. The average molecular weight is 496 g/mol. The Morgan fingerprint density at radius 3 is 2.26 bits per heavy atom. The van der Waals surface area contributed by atoms with Gasteiger partial charge in [0, 0.05) is 11.2 Å². The molecular weight excluding hydrogens is 486 g/mol. The molecule has 2 N–H and O–H groups in total. The summed E-state index contributed by atoms with van der Waals surface area (Å²) >= 11 is 0. The van der Waals surface area contributed by atoms with E-state index < -0.39 is 58.5 Å². The van der Waals surface area contributed by atoms with Gasteiger partial charge in [0.2, 0.25) is 0 Å². The van der Waals surface area contributed by atoms with Crippen molar-refractivity contribution >= 4 is 11.6 Å². The van der Waals surface area contributed by atoms with Crippen molar-refractivity contribution in [1.82, 2.24) is 5.10 Å². The van der Waals surface area contributed by atoms with Crippen LogP contribution >= 0.6 is 0 Å². The van der Waals surface area contributed by atoms with Crippen molar-refractivity contribution in [3.63, 3.8) is 0 Å². The first-order valence-corrected chi connectivity index (χ1v) is 8.76. The highest BCUT2D eigenvalue weighted by atomic mass is 19.4. The van der Waals surface area contributed by atoms with E-state index in [1.165, 1.54) is 0 Å². The number of nitrogens with one attached hydrogen (secondary N) is 1. The number of hydrogen-bond donors (Lipinski definition) is 2. The lowest BCUT2D eigenvalue weighted by atomic mass is 10.1. The van der Waals surface area contributed by atoms with Crippen molar-refractivity contribution in [1.29, 1.82) is 0 Å². The molecule has 180 valence electrons. The summed E-state index contributed by atoms with van der Waals surface area (Å²) in [4.78, 5) is 12.8. The predicted molar refractivity (Wildman–Crippen MR) is 94.1 cm³/mol. The van der Waals surface area contributed by atoms with Crippen LogP contribution in [0.15, 0.2) is 48.8 Å². The number of anilines is 1. The summed E-state index contributed by atoms with van der Waals surface area (Å²) in [6.45, 7) is 0. The van der Waals surface area contributed by atoms with Crippen molar-refractivity contribution in [2.45, 2.75) is 12.5 Å². The number of amides is 1. The van der Waals surface area contributed by atoms with Gasteiger partial charge in [0.25, 0.3) is 12.1 Å². The number of halogens is 8. The Morgan fingerprint density at radius 1 is 1.00 bits per heavy atom. The summed E-state index contributed by atoms with van der Waals surface area (Å²) in [7, 11) is 0. The van der Waals surface area contributed by atoms with E-state index in [2.05, 4.69) is 9.84 Å². The molecule has 34 heavy (non-hydrogen) atoms. The molecule has 15 heteroatoms. The van der Waals surface area contributed by atoms with Crippen molar-refractivity contribution in [3.05, 3.63) is 71.6 Å². The Labute approximate surface area is 183 Å². The Hall–Kier alpha value is -4.17. The number of aromatic nitrogens is 2. The maximum atomic E-state index is 14.7. The molecule has 0 aliphatic carbocycles. The lowest BCUT2D eigenvalue weighted by Crippen LogP contribution is -2.34. The normalized spacial score (nSPS) is 11.8. The number of benzene rings is 2. The van der Waals surface area contributed by atoms with Crippen LogP contribution in [-0.4, -0.2) is 22.6 Å². The van der Waals surface area contributed by atoms with Gasteiger partial charge in [-0.05, 0) is 30.3 Å². The van der Waals surface area contributed by atoms with Crippen molar-refractivity contribution in [2.24, 2.45) is 0 Å². The minimum atomic E-state index is -5.20. The quantitative estimate of drug-likeness (QED) is 0.300. The molecule has 1 amide bonds. The van der Waals surface area contributed by atoms with Crippen LogP contribution in [0.5, 0.6) is 17.2 Å². The van der Waals surface area contributed by atoms with Gasteiger partial charge in [0.1, 0.15) is 33.8 Å². The van der Waals surface area contributed by atoms with Gasteiger partial charge in [-0.3, -0.25) is 10.0 Å². The molecule has 1 heterocycles. The molecule has 0 fully saturated rings. The van der Waals surface area contributed by atoms with Crippen LogP contribution in [0.2, 0.25) is 0 Å². The fourth-order valence-corrected chi connectivity index (χ4v) is 2.60. The number of ether oxygens (including phenoxy) is 2. The van der Waals surface area contributed by atoms with Crippen LogP contribution in [0.1, 0.15) is 15.9 Å². The minimum absolute atomic E-state index is 0.204. The van der Waals surface area contributed by atoms with Gasteiger partial charge >= 0.3 is 12.5 Å². The third-order valence-corrected chi connectivity index (χ3v) is 3.94. The topological polar surface area (TPSA) is 84.6 Å². The SMILES string of the molecule is O=C(Nc1ccn[n+](O)c1)c1c(Oc2ccc(OC(F)(F)F)c(F)c2)ccc(C(F)(F)F)c1F. The zero-order valence-corrected chi connectivity index (χ0v) is 16.2. The second-order valence-electron chi connectivity index (χ2n) is 6.33. The molecule has 3 aromatic rings. The molecule has 2 aromatic carbocycles. The number of carbonyl (C=O) groups is 1. The summed E-state index contributed by atoms with van der Waals surface area (Å²) < 4.78 is 113. The highest BCUT2D eigenvalue weighted by molar-refractivity contribution is 6.06. The number of hydrogen-bond acceptors (Lipinski definition) is 5. The van der Waals surface area contributed by atoms with Crippen LogP contribution in [0.25, 0.3) is 0 Å². The molecule has 0 aliphatic heterocycles. The first-order valence-electron chi connectivity index (χ1n) is 8.76. The van der Waals surface area contributed by atoms with Gasteiger partial charge in [0.15, 0.2) is 17.4 Å². The van der Waals surface area contributed by atoms with Crippen molar-refractivity contribution in [3.8, 4) is 17.2 Å². The third kappa shape index (κ3) is 5.79. The fraction of sp³-hybridized carbons (Fsp3) is 0.105. The van der Waals surface area contributed by atoms with Crippen LogP contribution in [0.3, 0.4) is 0 Å². The average Bonchev–Trinajstić information content (AvgIpc) is 2.68. The largest absolute Gasteiger partial charge is 0.573 e. The Bertz CT molecular complexity index is 1230. The summed E-state index contributed by atoms with van der Waals surface area (Å²) in [6, 6.07) is 3.58. The molecule has 1 aromatic heterocycles. The summed E-state index contributed by atoms with van der Waals surface area (Å²) in [6.07, 6.45) is -8.57. The molecule has 0 unspecified atom stereocenters. The number of rotatable bonds is 5. The zero-order chi connectivity index (χ0) is 25.3. The van der Waals surface area contributed by atoms with Crippen LogP contribution in [0, 0.1) is 11.6 Å². The summed E-state index contributed by atoms with van der Waals surface area (Å²) in [5.41, 5.74) is -3.28. The maximum absolute atomic E-state index is 14.7.